The van der Waals surface area contributed by atoms with Gasteiger partial charge in [-0.1, -0.05) is 18.2 Å². The van der Waals surface area contributed by atoms with Gasteiger partial charge in [0, 0.05) is 17.3 Å². The van der Waals surface area contributed by atoms with Crippen LogP contribution < -0.4 is 10.0 Å². The molecule has 0 saturated carbocycles. The van der Waals surface area contributed by atoms with Gasteiger partial charge in [0.15, 0.2) is 0 Å². The van der Waals surface area contributed by atoms with Crippen molar-refractivity contribution in [1.82, 2.24) is 10.0 Å². The molecule has 1 amide bonds. The Balaban J connectivity index is 1.93. The Bertz CT molecular complexity index is 703. The number of sulfonamides is 1. The Morgan fingerprint density at radius 1 is 1.29 bits per heavy atom. The number of fused-ring (bicyclic) bond motifs is 1. The second kappa shape index (κ2) is 6.55. The molecule has 1 aromatic heterocycles. The average Bonchev–Trinajstić information content (AvgIpc) is 2.80. The largest absolute Gasteiger partial charge is 0.350 e. The van der Waals surface area contributed by atoms with Gasteiger partial charge >= 0.3 is 0 Å². The Morgan fingerprint density at radius 2 is 2.00 bits per heavy atom. The summed E-state index contributed by atoms with van der Waals surface area (Å²) in [5.74, 6) is -0.363. The van der Waals surface area contributed by atoms with Crippen LogP contribution in [0.4, 0.5) is 0 Å². The maximum Gasteiger partial charge on any atom is 0.261 e. The van der Waals surface area contributed by atoms with Gasteiger partial charge < -0.3 is 5.32 Å². The summed E-state index contributed by atoms with van der Waals surface area (Å²) in [6.07, 6.45) is 0. The number of carbonyl (C=O) groups excluding carboxylic acids is 1. The third-order valence-electron chi connectivity index (χ3n) is 2.72. The molecule has 2 aromatic rings. The summed E-state index contributed by atoms with van der Waals surface area (Å²) >= 11 is 1.40. The minimum atomic E-state index is -3.34. The first kappa shape index (κ1) is 15.9. The van der Waals surface area contributed by atoms with Crippen molar-refractivity contribution < 1.29 is 13.2 Å². The van der Waals surface area contributed by atoms with Crippen LogP contribution >= 0.6 is 11.3 Å². The standard InChI is InChI=1S/C14H18N2O3S2/c1-10(2)16-21(18,19)8-7-15-14(17)13-9-11-5-3-4-6-12(11)20-13/h3-6,9-10,16H,7-8H2,1-2H3,(H,15,17). The van der Waals surface area contributed by atoms with E-state index in [4.69, 9.17) is 0 Å². The van der Waals surface area contributed by atoms with E-state index in [1.165, 1.54) is 11.3 Å². The van der Waals surface area contributed by atoms with Gasteiger partial charge in [-0.15, -0.1) is 11.3 Å². The molecule has 7 heteroatoms. The Morgan fingerprint density at radius 3 is 2.67 bits per heavy atom. The first-order valence-corrected chi connectivity index (χ1v) is 9.11. The molecule has 0 unspecified atom stereocenters. The summed E-state index contributed by atoms with van der Waals surface area (Å²) in [5.41, 5.74) is 0. The molecule has 0 fully saturated rings. The number of hydrogen-bond donors (Lipinski definition) is 2. The lowest BCUT2D eigenvalue weighted by Gasteiger charge is -2.09. The van der Waals surface area contributed by atoms with E-state index in [-0.39, 0.29) is 24.2 Å². The highest BCUT2D eigenvalue weighted by Gasteiger charge is 2.14. The fraction of sp³-hybridized carbons (Fsp3) is 0.357. The van der Waals surface area contributed by atoms with Gasteiger partial charge in [-0.25, -0.2) is 13.1 Å². The Hall–Kier alpha value is -1.44. The van der Waals surface area contributed by atoms with Crippen LogP contribution in [0.25, 0.3) is 10.1 Å². The van der Waals surface area contributed by atoms with Crippen molar-refractivity contribution in [3.63, 3.8) is 0 Å². The molecule has 1 heterocycles. The topological polar surface area (TPSA) is 75.3 Å². The monoisotopic (exact) mass is 326 g/mol. The number of hydrogen-bond acceptors (Lipinski definition) is 4. The highest BCUT2D eigenvalue weighted by Crippen LogP contribution is 2.24. The van der Waals surface area contributed by atoms with Crippen LogP contribution in [0.2, 0.25) is 0 Å². The highest BCUT2D eigenvalue weighted by molar-refractivity contribution is 7.89. The molecular weight excluding hydrogens is 308 g/mol. The van der Waals surface area contributed by atoms with Crippen LogP contribution in [-0.4, -0.2) is 32.7 Å². The van der Waals surface area contributed by atoms with Crippen LogP contribution in [0.5, 0.6) is 0 Å². The third-order valence-corrected chi connectivity index (χ3v) is 5.41. The summed E-state index contributed by atoms with van der Waals surface area (Å²) in [4.78, 5) is 12.6. The maximum absolute atomic E-state index is 12.0. The van der Waals surface area contributed by atoms with Crippen LogP contribution in [0.1, 0.15) is 23.5 Å². The minimum Gasteiger partial charge on any atom is -0.350 e. The molecule has 0 spiro atoms. The van der Waals surface area contributed by atoms with E-state index in [0.29, 0.717) is 4.88 Å². The summed E-state index contributed by atoms with van der Waals surface area (Å²) in [6.45, 7) is 3.61. The third kappa shape index (κ3) is 4.52. The predicted octanol–water partition coefficient (Wildman–Crippen LogP) is 1.96. The van der Waals surface area contributed by atoms with E-state index < -0.39 is 10.0 Å². The van der Waals surface area contributed by atoms with Crippen LogP contribution in [0.15, 0.2) is 30.3 Å². The van der Waals surface area contributed by atoms with Gasteiger partial charge in [-0.2, -0.15) is 0 Å². The smallest absolute Gasteiger partial charge is 0.261 e. The van der Waals surface area contributed by atoms with Gasteiger partial charge in [-0.3, -0.25) is 4.79 Å². The second-order valence-corrected chi connectivity index (χ2v) is 7.95. The first-order valence-electron chi connectivity index (χ1n) is 6.64. The van der Waals surface area contributed by atoms with Crippen LogP contribution in [0, 0.1) is 0 Å². The molecule has 0 aliphatic rings. The number of nitrogens with one attached hydrogen (secondary N) is 2. The van der Waals surface area contributed by atoms with E-state index in [0.717, 1.165) is 10.1 Å². The van der Waals surface area contributed by atoms with Crippen LogP contribution in [0.3, 0.4) is 0 Å². The Kier molecular flexibility index (Phi) is 4.97. The zero-order valence-electron chi connectivity index (χ0n) is 11.9. The lowest BCUT2D eigenvalue weighted by Crippen LogP contribution is -2.37. The maximum atomic E-state index is 12.0. The van der Waals surface area contributed by atoms with Crippen molar-refractivity contribution in [1.29, 1.82) is 0 Å². The summed E-state index contributed by atoms with van der Waals surface area (Å²) in [7, 11) is -3.34. The molecule has 21 heavy (non-hydrogen) atoms. The van der Waals surface area contributed by atoms with E-state index in [1.807, 2.05) is 30.3 Å². The molecule has 2 N–H and O–H groups in total. The van der Waals surface area contributed by atoms with Crippen LogP contribution in [-0.2, 0) is 10.0 Å². The SMILES string of the molecule is CC(C)NS(=O)(=O)CCNC(=O)c1cc2ccccc2s1. The molecule has 0 aliphatic heterocycles. The highest BCUT2D eigenvalue weighted by atomic mass is 32.2. The molecule has 0 saturated heterocycles. The number of rotatable bonds is 6. The molecule has 1 aromatic carbocycles. The van der Waals surface area contributed by atoms with Gasteiger partial charge in [0.2, 0.25) is 10.0 Å². The Labute approximate surface area is 128 Å². The molecular formula is C14H18N2O3S2. The lowest BCUT2D eigenvalue weighted by atomic mass is 10.2. The van der Waals surface area contributed by atoms with Crippen molar-refractivity contribution in [2.75, 3.05) is 12.3 Å². The quantitative estimate of drug-likeness (QED) is 0.852. The van der Waals surface area contributed by atoms with E-state index in [1.54, 1.807) is 13.8 Å². The van der Waals surface area contributed by atoms with Crippen molar-refractivity contribution in [3.8, 4) is 0 Å². The van der Waals surface area contributed by atoms with E-state index in [9.17, 15) is 13.2 Å². The summed E-state index contributed by atoms with van der Waals surface area (Å²) < 4.78 is 26.8. The molecule has 5 nitrogen and oxygen atoms in total. The second-order valence-electron chi connectivity index (χ2n) is 5.00. The zero-order chi connectivity index (χ0) is 15.5. The van der Waals surface area contributed by atoms with E-state index >= 15 is 0 Å². The van der Waals surface area contributed by atoms with Crippen molar-refractivity contribution in [3.05, 3.63) is 35.2 Å². The van der Waals surface area contributed by atoms with Crippen molar-refractivity contribution >= 4 is 37.4 Å². The van der Waals surface area contributed by atoms with Crippen molar-refractivity contribution in [2.45, 2.75) is 19.9 Å². The van der Waals surface area contributed by atoms with Gasteiger partial charge in [0.05, 0.1) is 10.6 Å². The number of carbonyl (C=O) groups is 1. The molecule has 0 radical (unpaired) electrons. The zero-order valence-corrected chi connectivity index (χ0v) is 13.6. The van der Waals surface area contributed by atoms with Crippen molar-refractivity contribution in [2.24, 2.45) is 0 Å². The van der Waals surface area contributed by atoms with Gasteiger partial charge in [0.1, 0.15) is 0 Å². The molecule has 0 bridgehead atoms. The van der Waals surface area contributed by atoms with Gasteiger partial charge in [-0.05, 0) is 31.4 Å². The fourth-order valence-corrected chi connectivity index (χ4v) is 4.08. The normalized spacial score (nSPS) is 12.0. The molecule has 0 atom stereocenters. The number of benzene rings is 1. The average molecular weight is 326 g/mol. The minimum absolute atomic E-state index is 0.0924. The summed E-state index contributed by atoms with van der Waals surface area (Å²) in [5, 5.41) is 3.66. The molecule has 2 rings (SSSR count). The van der Waals surface area contributed by atoms with E-state index in [2.05, 4.69) is 10.0 Å². The van der Waals surface area contributed by atoms with Gasteiger partial charge in [0.25, 0.3) is 5.91 Å². The number of thiophene rings is 1. The molecule has 114 valence electrons. The first-order chi connectivity index (χ1) is 9.87. The lowest BCUT2D eigenvalue weighted by molar-refractivity contribution is 0.0960. The number of amides is 1. The summed E-state index contributed by atoms with van der Waals surface area (Å²) in [6, 6.07) is 9.41. The predicted molar refractivity (Wildman–Crippen MR) is 86.2 cm³/mol. The molecule has 0 aliphatic carbocycles. The fourth-order valence-electron chi connectivity index (χ4n) is 1.90.